The Hall–Kier alpha value is -1.71. The molecule has 16 heavy (non-hydrogen) atoms. The molecule has 0 atom stereocenters. The molecular formula is C12H16N4. The molecule has 0 aliphatic rings. The first kappa shape index (κ1) is 10.8. The van der Waals surface area contributed by atoms with Crippen LogP contribution < -0.4 is 0 Å². The zero-order valence-corrected chi connectivity index (χ0v) is 9.94. The summed E-state index contributed by atoms with van der Waals surface area (Å²) in [5.74, 6) is 1.87. The van der Waals surface area contributed by atoms with Gasteiger partial charge in [-0.1, -0.05) is 13.3 Å². The summed E-state index contributed by atoms with van der Waals surface area (Å²) < 4.78 is 2.04. The van der Waals surface area contributed by atoms with Crippen molar-refractivity contribution in [2.45, 2.75) is 33.6 Å². The van der Waals surface area contributed by atoms with Crippen LogP contribution in [-0.2, 0) is 6.42 Å². The van der Waals surface area contributed by atoms with Crippen LogP contribution in [-0.4, -0.2) is 19.5 Å². The van der Waals surface area contributed by atoms with Gasteiger partial charge in [-0.25, -0.2) is 15.0 Å². The van der Waals surface area contributed by atoms with E-state index in [4.69, 9.17) is 0 Å². The summed E-state index contributed by atoms with van der Waals surface area (Å²) in [6.07, 6.45) is 5.57. The summed E-state index contributed by atoms with van der Waals surface area (Å²) in [7, 11) is 0. The summed E-state index contributed by atoms with van der Waals surface area (Å²) >= 11 is 0. The molecule has 0 fully saturated rings. The number of aryl methyl sites for hydroxylation is 3. The third-order valence-corrected chi connectivity index (χ3v) is 2.56. The predicted octanol–water partition coefficient (Wildman–Crippen LogP) is 2.23. The summed E-state index contributed by atoms with van der Waals surface area (Å²) in [6.45, 7) is 6.16. The summed E-state index contributed by atoms with van der Waals surface area (Å²) in [5.41, 5.74) is 2.18. The van der Waals surface area contributed by atoms with Crippen molar-refractivity contribution in [3.63, 3.8) is 0 Å². The van der Waals surface area contributed by atoms with Gasteiger partial charge in [-0.2, -0.15) is 0 Å². The van der Waals surface area contributed by atoms with Crippen LogP contribution in [0.15, 0.2) is 18.6 Å². The SMILES string of the molecule is CCCc1cc(-n2c(C)cnc2C)ncn1. The number of rotatable bonds is 3. The molecule has 0 saturated heterocycles. The van der Waals surface area contributed by atoms with E-state index in [1.165, 1.54) is 0 Å². The van der Waals surface area contributed by atoms with Crippen molar-refractivity contribution < 1.29 is 0 Å². The van der Waals surface area contributed by atoms with Crippen LogP contribution in [0.25, 0.3) is 5.82 Å². The van der Waals surface area contributed by atoms with Gasteiger partial charge >= 0.3 is 0 Å². The smallest absolute Gasteiger partial charge is 0.141 e. The Morgan fingerprint density at radius 1 is 1.19 bits per heavy atom. The molecule has 2 heterocycles. The van der Waals surface area contributed by atoms with Crippen LogP contribution in [0.2, 0.25) is 0 Å². The first-order chi connectivity index (χ1) is 7.72. The highest BCUT2D eigenvalue weighted by molar-refractivity contribution is 5.28. The number of nitrogens with zero attached hydrogens (tertiary/aromatic N) is 4. The van der Waals surface area contributed by atoms with Crippen molar-refractivity contribution >= 4 is 0 Å². The van der Waals surface area contributed by atoms with Crippen LogP contribution in [0.4, 0.5) is 0 Å². The lowest BCUT2D eigenvalue weighted by Gasteiger charge is -2.07. The molecule has 0 N–H and O–H groups in total. The van der Waals surface area contributed by atoms with Crippen molar-refractivity contribution in [1.29, 1.82) is 0 Å². The van der Waals surface area contributed by atoms with Crippen LogP contribution >= 0.6 is 0 Å². The Morgan fingerprint density at radius 2 is 2.00 bits per heavy atom. The number of hydrogen-bond acceptors (Lipinski definition) is 3. The maximum Gasteiger partial charge on any atom is 0.141 e. The highest BCUT2D eigenvalue weighted by atomic mass is 15.1. The van der Waals surface area contributed by atoms with Gasteiger partial charge in [0.2, 0.25) is 0 Å². The van der Waals surface area contributed by atoms with Crippen LogP contribution in [0.1, 0.15) is 30.6 Å². The molecule has 0 amide bonds. The normalized spacial score (nSPS) is 10.7. The number of hydrogen-bond donors (Lipinski definition) is 0. The average molecular weight is 216 g/mol. The lowest BCUT2D eigenvalue weighted by Crippen LogP contribution is -2.04. The van der Waals surface area contributed by atoms with Crippen molar-refractivity contribution in [2.75, 3.05) is 0 Å². The Morgan fingerprint density at radius 3 is 2.62 bits per heavy atom. The molecule has 0 bridgehead atoms. The third-order valence-electron chi connectivity index (χ3n) is 2.56. The fourth-order valence-electron chi connectivity index (χ4n) is 1.80. The van der Waals surface area contributed by atoms with Crippen LogP contribution in [0, 0.1) is 13.8 Å². The lowest BCUT2D eigenvalue weighted by atomic mass is 10.2. The molecule has 4 nitrogen and oxygen atoms in total. The minimum absolute atomic E-state index is 0.908. The largest absolute Gasteiger partial charge is 0.285 e. The monoisotopic (exact) mass is 216 g/mol. The fourth-order valence-corrected chi connectivity index (χ4v) is 1.80. The standard InChI is InChI=1S/C12H16N4/c1-4-5-11-6-12(15-8-14-11)16-9(2)7-13-10(16)3/h6-8H,4-5H2,1-3H3. The zero-order valence-electron chi connectivity index (χ0n) is 9.94. The maximum atomic E-state index is 4.30. The molecule has 0 unspecified atom stereocenters. The molecule has 4 heteroatoms. The molecule has 0 aromatic carbocycles. The fraction of sp³-hybridized carbons (Fsp3) is 0.417. The van der Waals surface area contributed by atoms with E-state index < -0.39 is 0 Å². The van der Waals surface area contributed by atoms with Gasteiger partial charge in [0.1, 0.15) is 18.0 Å². The van der Waals surface area contributed by atoms with Gasteiger partial charge in [-0.3, -0.25) is 4.57 Å². The van der Waals surface area contributed by atoms with Gasteiger partial charge in [-0.05, 0) is 20.3 Å². The van der Waals surface area contributed by atoms with Gasteiger partial charge in [0.05, 0.1) is 0 Å². The molecule has 2 aromatic heterocycles. The van der Waals surface area contributed by atoms with Crippen molar-refractivity contribution in [3.05, 3.63) is 35.8 Å². The Kier molecular flexibility index (Phi) is 2.99. The van der Waals surface area contributed by atoms with Gasteiger partial charge in [-0.15, -0.1) is 0 Å². The van der Waals surface area contributed by atoms with Crippen molar-refractivity contribution in [1.82, 2.24) is 19.5 Å². The molecule has 0 spiro atoms. The van der Waals surface area contributed by atoms with E-state index in [9.17, 15) is 0 Å². The quantitative estimate of drug-likeness (QED) is 0.790. The second-order valence-electron chi connectivity index (χ2n) is 3.90. The molecule has 84 valence electrons. The van der Waals surface area contributed by atoms with E-state index in [2.05, 4.69) is 21.9 Å². The summed E-state index contributed by atoms with van der Waals surface area (Å²) in [6, 6.07) is 2.03. The molecule has 2 rings (SSSR count). The molecular weight excluding hydrogens is 200 g/mol. The van der Waals surface area contributed by atoms with Gasteiger partial charge in [0.25, 0.3) is 0 Å². The van der Waals surface area contributed by atoms with Crippen molar-refractivity contribution in [2.24, 2.45) is 0 Å². The Bertz CT molecular complexity index is 468. The lowest BCUT2D eigenvalue weighted by molar-refractivity contribution is 0.841. The second-order valence-corrected chi connectivity index (χ2v) is 3.90. The van der Waals surface area contributed by atoms with Gasteiger partial charge in [0.15, 0.2) is 0 Å². The highest BCUT2D eigenvalue weighted by Gasteiger charge is 2.07. The Labute approximate surface area is 95.4 Å². The molecule has 0 saturated carbocycles. The van der Waals surface area contributed by atoms with E-state index >= 15 is 0 Å². The summed E-state index contributed by atoms with van der Waals surface area (Å²) in [5, 5.41) is 0. The first-order valence-corrected chi connectivity index (χ1v) is 5.54. The average Bonchev–Trinajstić information content (AvgIpc) is 2.59. The van der Waals surface area contributed by atoms with E-state index in [1.807, 2.05) is 30.7 Å². The van der Waals surface area contributed by atoms with Gasteiger partial charge in [0, 0.05) is 23.7 Å². The molecule has 0 radical (unpaired) electrons. The van der Waals surface area contributed by atoms with E-state index in [0.717, 1.165) is 35.9 Å². The van der Waals surface area contributed by atoms with Crippen molar-refractivity contribution in [3.8, 4) is 5.82 Å². The predicted molar refractivity (Wildman–Crippen MR) is 62.6 cm³/mol. The Balaban J connectivity index is 2.44. The van der Waals surface area contributed by atoms with Crippen LogP contribution in [0.3, 0.4) is 0 Å². The minimum atomic E-state index is 0.908. The molecule has 0 aliphatic carbocycles. The second kappa shape index (κ2) is 4.43. The third kappa shape index (κ3) is 1.96. The van der Waals surface area contributed by atoms with E-state index in [1.54, 1.807) is 6.33 Å². The van der Waals surface area contributed by atoms with E-state index in [-0.39, 0.29) is 0 Å². The maximum absolute atomic E-state index is 4.30. The molecule has 0 aliphatic heterocycles. The number of imidazole rings is 1. The summed E-state index contributed by atoms with van der Waals surface area (Å²) in [4.78, 5) is 12.8. The first-order valence-electron chi connectivity index (χ1n) is 5.54. The molecule has 2 aromatic rings. The topological polar surface area (TPSA) is 43.6 Å². The van der Waals surface area contributed by atoms with E-state index in [0.29, 0.717) is 0 Å². The zero-order chi connectivity index (χ0) is 11.5. The van der Waals surface area contributed by atoms with Crippen LogP contribution in [0.5, 0.6) is 0 Å². The number of aromatic nitrogens is 4. The van der Waals surface area contributed by atoms with Gasteiger partial charge < -0.3 is 0 Å². The highest BCUT2D eigenvalue weighted by Crippen LogP contribution is 2.12. The minimum Gasteiger partial charge on any atom is -0.285 e.